The van der Waals surface area contributed by atoms with Gasteiger partial charge in [-0.15, -0.1) is 0 Å². The molecule has 2 heterocycles. The molecule has 4 amide bonds. The van der Waals surface area contributed by atoms with E-state index >= 15 is 0 Å². The van der Waals surface area contributed by atoms with Gasteiger partial charge in [0.2, 0.25) is 17.7 Å². The van der Waals surface area contributed by atoms with E-state index in [0.717, 1.165) is 5.56 Å². The van der Waals surface area contributed by atoms with Crippen LogP contribution in [0.3, 0.4) is 0 Å². The van der Waals surface area contributed by atoms with E-state index in [-0.39, 0.29) is 24.3 Å². The summed E-state index contributed by atoms with van der Waals surface area (Å²) in [6.45, 7) is 4.82. The first-order chi connectivity index (χ1) is 15.8. The van der Waals surface area contributed by atoms with E-state index in [4.69, 9.17) is 10.5 Å². The molecular formula is C24H34N4O5. The average molecular weight is 459 g/mol. The second-order valence-corrected chi connectivity index (χ2v) is 8.85. The van der Waals surface area contributed by atoms with Gasteiger partial charge in [-0.2, -0.15) is 0 Å². The number of nitrogens with zero attached hydrogens (tertiary/aromatic N) is 2. The Kier molecular flexibility index (Phi) is 8.30. The van der Waals surface area contributed by atoms with E-state index in [2.05, 4.69) is 5.32 Å². The highest BCUT2D eigenvalue weighted by Gasteiger charge is 2.43. The molecule has 3 rings (SSSR count). The molecule has 2 aliphatic heterocycles. The van der Waals surface area contributed by atoms with Crippen molar-refractivity contribution < 1.29 is 23.9 Å². The Morgan fingerprint density at radius 2 is 1.70 bits per heavy atom. The molecule has 2 aliphatic rings. The molecular weight excluding hydrogens is 424 g/mol. The predicted molar refractivity (Wildman–Crippen MR) is 122 cm³/mol. The van der Waals surface area contributed by atoms with E-state index in [0.29, 0.717) is 45.2 Å². The highest BCUT2D eigenvalue weighted by Crippen LogP contribution is 2.26. The summed E-state index contributed by atoms with van der Waals surface area (Å²) in [5, 5.41) is 2.72. The van der Waals surface area contributed by atoms with Crippen molar-refractivity contribution in [1.29, 1.82) is 0 Å². The van der Waals surface area contributed by atoms with Crippen LogP contribution in [-0.4, -0.2) is 64.8 Å². The van der Waals surface area contributed by atoms with E-state index in [9.17, 15) is 19.2 Å². The number of ether oxygens (including phenoxy) is 1. The fraction of sp³-hybridized carbons (Fsp3) is 0.583. The molecule has 0 bridgehead atoms. The molecule has 0 unspecified atom stereocenters. The van der Waals surface area contributed by atoms with Crippen molar-refractivity contribution in [2.24, 2.45) is 11.7 Å². The Balaban J connectivity index is 1.68. The number of nitrogens with two attached hydrogens (primary N) is 1. The van der Waals surface area contributed by atoms with Crippen molar-refractivity contribution in [2.75, 3.05) is 13.1 Å². The molecule has 33 heavy (non-hydrogen) atoms. The molecule has 0 aliphatic carbocycles. The molecule has 3 N–H and O–H groups in total. The van der Waals surface area contributed by atoms with Gasteiger partial charge in [-0.25, -0.2) is 4.79 Å². The summed E-state index contributed by atoms with van der Waals surface area (Å²) in [5.41, 5.74) is 6.32. The summed E-state index contributed by atoms with van der Waals surface area (Å²) >= 11 is 0. The molecule has 0 saturated carbocycles. The molecule has 1 aromatic carbocycles. The second kappa shape index (κ2) is 11.2. The average Bonchev–Trinajstić information content (AvgIpc) is 3.50. The minimum Gasteiger partial charge on any atom is -0.445 e. The standard InChI is InChI=1S/C24H34N4O5/c1-3-16(2)20(26-24(32)33-15-17-9-5-4-6-10-17)23(31)28-14-8-12-19(28)22(30)27-13-7-11-18(27)21(25)29/h4-6,9-10,16,18-20H,3,7-8,11-15H2,1-2H3,(H2,25,29)(H,26,32)/t16-,18-,19-,20-/m0/s1. The zero-order chi connectivity index (χ0) is 24.0. The summed E-state index contributed by atoms with van der Waals surface area (Å²) in [6, 6.07) is 7.22. The van der Waals surface area contributed by atoms with E-state index in [1.807, 2.05) is 44.2 Å². The van der Waals surface area contributed by atoms with Gasteiger partial charge in [0, 0.05) is 13.1 Å². The number of carbonyl (C=O) groups is 4. The topological polar surface area (TPSA) is 122 Å². The number of likely N-dealkylation sites (tertiary alicyclic amines) is 2. The van der Waals surface area contributed by atoms with Crippen molar-refractivity contribution in [3.05, 3.63) is 35.9 Å². The summed E-state index contributed by atoms with van der Waals surface area (Å²) in [6.07, 6.45) is 2.46. The van der Waals surface area contributed by atoms with Crippen molar-refractivity contribution in [1.82, 2.24) is 15.1 Å². The minimum absolute atomic E-state index is 0.0996. The van der Waals surface area contributed by atoms with Crippen LogP contribution in [0.2, 0.25) is 0 Å². The van der Waals surface area contributed by atoms with Crippen molar-refractivity contribution in [3.63, 3.8) is 0 Å². The van der Waals surface area contributed by atoms with E-state index in [1.165, 1.54) is 4.90 Å². The van der Waals surface area contributed by atoms with Crippen molar-refractivity contribution in [2.45, 2.75) is 70.7 Å². The van der Waals surface area contributed by atoms with Crippen LogP contribution in [0, 0.1) is 5.92 Å². The van der Waals surface area contributed by atoms with Gasteiger partial charge in [0.05, 0.1) is 0 Å². The van der Waals surface area contributed by atoms with Gasteiger partial charge >= 0.3 is 6.09 Å². The number of hydrogen-bond donors (Lipinski definition) is 2. The summed E-state index contributed by atoms with van der Waals surface area (Å²) < 4.78 is 5.31. The van der Waals surface area contributed by atoms with Gasteiger partial charge < -0.3 is 25.6 Å². The third kappa shape index (κ3) is 5.83. The maximum absolute atomic E-state index is 13.5. The number of hydrogen-bond acceptors (Lipinski definition) is 5. The minimum atomic E-state index is -0.808. The maximum Gasteiger partial charge on any atom is 0.408 e. The molecule has 4 atom stereocenters. The predicted octanol–water partition coefficient (Wildman–Crippen LogP) is 1.79. The Morgan fingerprint density at radius 3 is 2.33 bits per heavy atom. The summed E-state index contributed by atoms with van der Waals surface area (Å²) in [5.74, 6) is -1.20. The lowest BCUT2D eigenvalue weighted by atomic mass is 9.97. The highest BCUT2D eigenvalue weighted by atomic mass is 16.5. The lowest BCUT2D eigenvalue weighted by Gasteiger charge is -2.33. The normalized spacial score (nSPS) is 22.0. The van der Waals surface area contributed by atoms with Crippen LogP contribution in [0.1, 0.15) is 51.5 Å². The van der Waals surface area contributed by atoms with Gasteiger partial charge in [-0.05, 0) is 37.2 Å². The quantitative estimate of drug-likeness (QED) is 0.615. The fourth-order valence-corrected chi connectivity index (χ4v) is 4.56. The zero-order valence-electron chi connectivity index (χ0n) is 19.4. The van der Waals surface area contributed by atoms with Crippen molar-refractivity contribution in [3.8, 4) is 0 Å². The first kappa shape index (κ1) is 24.5. The Labute approximate surface area is 194 Å². The smallest absolute Gasteiger partial charge is 0.408 e. The van der Waals surface area contributed by atoms with E-state index in [1.54, 1.807) is 4.90 Å². The van der Waals surface area contributed by atoms with Crippen LogP contribution < -0.4 is 11.1 Å². The fourth-order valence-electron chi connectivity index (χ4n) is 4.56. The molecule has 0 aromatic heterocycles. The van der Waals surface area contributed by atoms with Gasteiger partial charge in [-0.3, -0.25) is 14.4 Å². The van der Waals surface area contributed by atoms with Gasteiger partial charge in [0.15, 0.2) is 0 Å². The van der Waals surface area contributed by atoms with Crippen LogP contribution in [0.25, 0.3) is 0 Å². The van der Waals surface area contributed by atoms with Crippen LogP contribution in [0.15, 0.2) is 30.3 Å². The lowest BCUT2D eigenvalue weighted by Crippen LogP contribution is -2.57. The highest BCUT2D eigenvalue weighted by molar-refractivity contribution is 5.94. The first-order valence-electron chi connectivity index (χ1n) is 11.7. The molecule has 1 aromatic rings. The first-order valence-corrected chi connectivity index (χ1v) is 11.7. The second-order valence-electron chi connectivity index (χ2n) is 8.85. The molecule has 0 spiro atoms. The summed E-state index contributed by atoms with van der Waals surface area (Å²) in [4.78, 5) is 54.0. The number of rotatable bonds is 8. The molecule has 2 saturated heterocycles. The van der Waals surface area contributed by atoms with Crippen LogP contribution in [0.5, 0.6) is 0 Å². The molecule has 9 nitrogen and oxygen atoms in total. The molecule has 180 valence electrons. The van der Waals surface area contributed by atoms with Crippen LogP contribution >= 0.6 is 0 Å². The summed E-state index contributed by atoms with van der Waals surface area (Å²) in [7, 11) is 0. The Morgan fingerprint density at radius 1 is 1.06 bits per heavy atom. The number of nitrogens with one attached hydrogen (secondary N) is 1. The Hall–Kier alpha value is -3.10. The van der Waals surface area contributed by atoms with Gasteiger partial charge in [0.25, 0.3) is 0 Å². The molecule has 0 radical (unpaired) electrons. The van der Waals surface area contributed by atoms with Gasteiger partial charge in [0.1, 0.15) is 24.7 Å². The number of benzene rings is 1. The van der Waals surface area contributed by atoms with Crippen LogP contribution in [-0.2, 0) is 25.7 Å². The number of amides is 4. The maximum atomic E-state index is 13.5. The third-order valence-corrected chi connectivity index (χ3v) is 6.65. The van der Waals surface area contributed by atoms with E-state index < -0.39 is 30.1 Å². The number of alkyl carbamates (subject to hydrolysis) is 1. The lowest BCUT2D eigenvalue weighted by molar-refractivity contribution is -0.147. The SMILES string of the molecule is CC[C@H](C)[C@H](NC(=O)OCc1ccccc1)C(=O)N1CCC[C@H]1C(=O)N1CCC[C@H]1C(N)=O. The zero-order valence-corrected chi connectivity index (χ0v) is 19.4. The largest absolute Gasteiger partial charge is 0.445 e. The third-order valence-electron chi connectivity index (χ3n) is 6.65. The Bertz CT molecular complexity index is 862. The van der Waals surface area contributed by atoms with Gasteiger partial charge in [-0.1, -0.05) is 50.6 Å². The number of carbonyl (C=O) groups excluding carboxylic acids is 4. The monoisotopic (exact) mass is 458 g/mol. The molecule has 9 heteroatoms. The van der Waals surface area contributed by atoms with Crippen LogP contribution in [0.4, 0.5) is 4.79 Å². The number of primary amides is 1. The van der Waals surface area contributed by atoms with Crippen molar-refractivity contribution >= 4 is 23.8 Å². The molecule has 2 fully saturated rings.